The van der Waals surface area contributed by atoms with Crippen LogP contribution < -0.4 is 0 Å². The zero-order chi connectivity index (χ0) is 24.2. The quantitative estimate of drug-likeness (QED) is 0.175. The van der Waals surface area contributed by atoms with E-state index in [-0.39, 0.29) is 31.5 Å². The number of furan rings is 1. The smallest absolute Gasteiger partial charge is 0.308 e. The standard InChI is InChI=1S/C23H23Cl2NO5S2/c1-23(2,3)31-20(27)8-10-29-11-9-26-21(28)19(33-22(26)32)13-15-5-7-18(30-15)14-4-6-16(24)17(25)12-14/h4-7,12-13H,8-11H2,1-3H3/b19-13+. The molecule has 10 heteroatoms. The molecule has 2 heterocycles. The van der Waals surface area contributed by atoms with Gasteiger partial charge in [0.25, 0.3) is 5.91 Å². The first-order valence-electron chi connectivity index (χ1n) is 10.1. The normalized spacial score (nSPS) is 15.5. The topological polar surface area (TPSA) is 69.0 Å². The van der Waals surface area contributed by atoms with Crippen LogP contribution in [0.1, 0.15) is 33.0 Å². The summed E-state index contributed by atoms with van der Waals surface area (Å²) in [6, 6.07) is 8.78. The van der Waals surface area contributed by atoms with Crippen molar-refractivity contribution in [1.29, 1.82) is 0 Å². The minimum Gasteiger partial charge on any atom is -0.460 e. The summed E-state index contributed by atoms with van der Waals surface area (Å²) in [7, 11) is 0. The van der Waals surface area contributed by atoms with Crippen molar-refractivity contribution in [2.45, 2.75) is 32.8 Å². The number of hydrogen-bond donors (Lipinski definition) is 0. The van der Waals surface area contributed by atoms with Gasteiger partial charge in [0.1, 0.15) is 21.4 Å². The molecule has 0 unspecified atom stereocenters. The van der Waals surface area contributed by atoms with Gasteiger partial charge in [-0.3, -0.25) is 14.5 Å². The van der Waals surface area contributed by atoms with Crippen LogP contribution in [-0.4, -0.2) is 46.5 Å². The van der Waals surface area contributed by atoms with Crippen molar-refractivity contribution in [3.8, 4) is 11.3 Å². The van der Waals surface area contributed by atoms with Crippen molar-refractivity contribution in [2.75, 3.05) is 19.8 Å². The van der Waals surface area contributed by atoms with Crippen LogP contribution in [0.25, 0.3) is 17.4 Å². The third-order valence-electron chi connectivity index (χ3n) is 4.31. The molecule has 0 N–H and O–H groups in total. The van der Waals surface area contributed by atoms with Crippen LogP contribution >= 0.6 is 47.2 Å². The molecule has 1 saturated heterocycles. The molecular weight excluding hydrogens is 505 g/mol. The summed E-state index contributed by atoms with van der Waals surface area (Å²) in [6.07, 6.45) is 1.80. The first-order chi connectivity index (χ1) is 15.5. The first kappa shape index (κ1) is 25.8. The van der Waals surface area contributed by atoms with E-state index in [0.29, 0.717) is 37.3 Å². The molecule has 33 heavy (non-hydrogen) atoms. The zero-order valence-corrected chi connectivity index (χ0v) is 21.5. The molecule has 0 bridgehead atoms. The lowest BCUT2D eigenvalue weighted by Gasteiger charge is -2.19. The van der Waals surface area contributed by atoms with Crippen LogP contribution in [0.5, 0.6) is 0 Å². The molecule has 6 nitrogen and oxygen atoms in total. The van der Waals surface area contributed by atoms with Crippen LogP contribution in [0.2, 0.25) is 10.0 Å². The van der Waals surface area contributed by atoms with Gasteiger partial charge in [0.2, 0.25) is 0 Å². The molecule has 1 fully saturated rings. The second-order valence-electron chi connectivity index (χ2n) is 8.11. The van der Waals surface area contributed by atoms with Crippen molar-refractivity contribution >= 4 is 69.5 Å². The van der Waals surface area contributed by atoms with Gasteiger partial charge < -0.3 is 13.9 Å². The second kappa shape index (κ2) is 11.1. The van der Waals surface area contributed by atoms with E-state index in [1.165, 1.54) is 16.7 Å². The number of carbonyl (C=O) groups is 2. The van der Waals surface area contributed by atoms with E-state index >= 15 is 0 Å². The number of nitrogens with zero attached hydrogens (tertiary/aromatic N) is 1. The number of esters is 1. The number of halogens is 2. The van der Waals surface area contributed by atoms with Gasteiger partial charge in [-0.25, -0.2) is 0 Å². The number of benzene rings is 1. The molecule has 0 spiro atoms. The van der Waals surface area contributed by atoms with Gasteiger partial charge in [0.05, 0.1) is 41.1 Å². The lowest BCUT2D eigenvalue weighted by Crippen LogP contribution is -2.31. The Balaban J connectivity index is 1.53. The molecular formula is C23H23Cl2NO5S2. The summed E-state index contributed by atoms with van der Waals surface area (Å²) in [5, 5.41) is 0.894. The fraction of sp³-hybridized carbons (Fsp3) is 0.348. The monoisotopic (exact) mass is 527 g/mol. The number of amides is 1. The third-order valence-corrected chi connectivity index (χ3v) is 6.42. The molecule has 1 aromatic carbocycles. The van der Waals surface area contributed by atoms with E-state index in [2.05, 4.69) is 0 Å². The van der Waals surface area contributed by atoms with Crippen molar-refractivity contribution in [2.24, 2.45) is 0 Å². The highest BCUT2D eigenvalue weighted by atomic mass is 35.5. The van der Waals surface area contributed by atoms with Crippen LogP contribution in [0, 0.1) is 0 Å². The van der Waals surface area contributed by atoms with Crippen molar-refractivity contribution in [3.05, 3.63) is 51.0 Å². The van der Waals surface area contributed by atoms with E-state index in [1.807, 2.05) is 20.8 Å². The molecule has 1 aliphatic heterocycles. The van der Waals surface area contributed by atoms with Gasteiger partial charge in [-0.05, 0) is 51.1 Å². The van der Waals surface area contributed by atoms with Gasteiger partial charge in [0.15, 0.2) is 0 Å². The fourth-order valence-corrected chi connectivity index (χ4v) is 4.45. The molecule has 0 radical (unpaired) electrons. The van der Waals surface area contributed by atoms with Crippen molar-refractivity contribution in [3.63, 3.8) is 0 Å². The Morgan fingerprint density at radius 1 is 1.18 bits per heavy atom. The summed E-state index contributed by atoms with van der Waals surface area (Å²) in [6.45, 7) is 6.19. The van der Waals surface area contributed by atoms with Gasteiger partial charge >= 0.3 is 5.97 Å². The fourth-order valence-electron chi connectivity index (χ4n) is 2.86. The third kappa shape index (κ3) is 7.32. The molecule has 1 aliphatic rings. The van der Waals surface area contributed by atoms with Crippen LogP contribution in [0.3, 0.4) is 0 Å². The minimum atomic E-state index is -0.526. The Morgan fingerprint density at radius 2 is 1.94 bits per heavy atom. The number of hydrogen-bond acceptors (Lipinski definition) is 7. The highest BCUT2D eigenvalue weighted by molar-refractivity contribution is 8.26. The number of rotatable bonds is 8. The molecule has 3 rings (SSSR count). The number of ether oxygens (including phenoxy) is 2. The molecule has 0 atom stereocenters. The SMILES string of the molecule is CC(C)(C)OC(=O)CCOCCN1C(=O)/C(=C\c2ccc(-c3ccc(Cl)c(Cl)c3)o2)SC1=S. The average Bonchev–Trinajstić information content (AvgIpc) is 3.28. The highest BCUT2D eigenvalue weighted by Gasteiger charge is 2.32. The summed E-state index contributed by atoms with van der Waals surface area (Å²) in [4.78, 5) is 26.4. The highest BCUT2D eigenvalue weighted by Crippen LogP contribution is 2.34. The Morgan fingerprint density at radius 3 is 2.64 bits per heavy atom. The Hall–Kier alpha value is -1.84. The molecule has 1 amide bonds. The van der Waals surface area contributed by atoms with Crippen LogP contribution in [-0.2, 0) is 19.1 Å². The van der Waals surface area contributed by atoms with Crippen LogP contribution in [0.15, 0.2) is 39.7 Å². The molecule has 176 valence electrons. The maximum Gasteiger partial charge on any atom is 0.308 e. The summed E-state index contributed by atoms with van der Waals surface area (Å²) in [5.74, 6) is 0.585. The zero-order valence-electron chi connectivity index (χ0n) is 18.4. The van der Waals surface area contributed by atoms with Gasteiger partial charge in [-0.2, -0.15) is 0 Å². The number of carbonyl (C=O) groups excluding carboxylic acids is 2. The molecule has 1 aromatic heterocycles. The van der Waals surface area contributed by atoms with Gasteiger partial charge in [-0.15, -0.1) is 0 Å². The van der Waals surface area contributed by atoms with E-state index in [4.69, 9.17) is 49.3 Å². The Bertz CT molecular complexity index is 1090. The van der Waals surface area contributed by atoms with Crippen LogP contribution in [0.4, 0.5) is 0 Å². The molecule has 0 saturated carbocycles. The van der Waals surface area contributed by atoms with Crippen molar-refractivity contribution in [1.82, 2.24) is 4.90 Å². The van der Waals surface area contributed by atoms with E-state index < -0.39 is 5.60 Å². The minimum absolute atomic E-state index is 0.148. The largest absolute Gasteiger partial charge is 0.460 e. The summed E-state index contributed by atoms with van der Waals surface area (Å²) in [5.41, 5.74) is 0.252. The van der Waals surface area contributed by atoms with Crippen molar-refractivity contribution < 1.29 is 23.5 Å². The first-order valence-corrected chi connectivity index (χ1v) is 12.1. The number of thiocarbonyl (C=S) groups is 1. The molecule has 0 aliphatic carbocycles. The molecule has 2 aromatic rings. The second-order valence-corrected chi connectivity index (χ2v) is 10.6. The lowest BCUT2D eigenvalue weighted by molar-refractivity contribution is -0.156. The summed E-state index contributed by atoms with van der Waals surface area (Å²) >= 11 is 18.6. The summed E-state index contributed by atoms with van der Waals surface area (Å²) < 4.78 is 17.0. The van der Waals surface area contributed by atoms with Gasteiger partial charge in [0, 0.05) is 11.6 Å². The van der Waals surface area contributed by atoms with E-state index in [0.717, 1.165) is 5.56 Å². The lowest BCUT2D eigenvalue weighted by atomic mass is 10.2. The number of thioether (sulfide) groups is 1. The maximum absolute atomic E-state index is 12.8. The van der Waals surface area contributed by atoms with E-state index in [9.17, 15) is 9.59 Å². The predicted octanol–water partition coefficient (Wildman–Crippen LogP) is 6.20. The Labute approximate surface area is 212 Å². The van der Waals surface area contributed by atoms with Gasteiger partial charge in [-0.1, -0.05) is 47.2 Å². The Kier molecular flexibility index (Phi) is 8.64. The predicted molar refractivity (Wildman–Crippen MR) is 135 cm³/mol. The van der Waals surface area contributed by atoms with E-state index in [1.54, 1.807) is 36.4 Å². The maximum atomic E-state index is 12.8. The average molecular weight is 528 g/mol.